The minimum absolute atomic E-state index is 0.296. The molecule has 1 spiro atoms. The van der Waals surface area contributed by atoms with Gasteiger partial charge in [-0.25, -0.2) is 9.69 Å². The molecule has 2 saturated heterocycles. The molecule has 0 aromatic heterocycles. The van der Waals surface area contributed by atoms with Crippen molar-refractivity contribution < 1.29 is 19.2 Å². The first-order valence-corrected chi connectivity index (χ1v) is 8.10. The fourth-order valence-electron chi connectivity index (χ4n) is 4.48. The number of nitrogens with zero attached hydrogens (tertiary/aromatic N) is 2. The van der Waals surface area contributed by atoms with Crippen LogP contribution in [0.25, 0.3) is 0 Å². The molecule has 2 amide bonds. The number of hydrogen-bond donors (Lipinski definition) is 0. The Morgan fingerprint density at radius 3 is 2.04 bits per heavy atom. The van der Waals surface area contributed by atoms with Gasteiger partial charge in [0, 0.05) is 23.9 Å². The number of benzene rings is 1. The fraction of sp³-hybridized carbons (Fsp3) is 0.556. The first-order valence-electron chi connectivity index (χ1n) is 8.10. The third-order valence-corrected chi connectivity index (χ3v) is 4.79. The molecular weight excluding hydrogens is 308 g/mol. The summed E-state index contributed by atoms with van der Waals surface area (Å²) < 4.78 is 5.69. The van der Waals surface area contributed by atoms with Crippen molar-refractivity contribution in [2.75, 3.05) is 12.0 Å². The third-order valence-electron chi connectivity index (χ3n) is 4.79. The van der Waals surface area contributed by atoms with Crippen molar-refractivity contribution in [3.63, 3.8) is 0 Å². The van der Waals surface area contributed by atoms with Gasteiger partial charge < -0.3 is 9.57 Å². The molecule has 2 fully saturated rings. The second-order valence-electron chi connectivity index (χ2n) is 7.79. The number of carbonyl (C=O) groups excluding carboxylic acids is 2. The number of hydrogen-bond acceptors (Lipinski definition) is 5. The van der Waals surface area contributed by atoms with E-state index in [9.17, 15) is 9.59 Å². The summed E-state index contributed by atoms with van der Waals surface area (Å²) in [4.78, 5) is 32.4. The van der Waals surface area contributed by atoms with Gasteiger partial charge in [-0.05, 0) is 39.8 Å². The second kappa shape index (κ2) is 5.29. The van der Waals surface area contributed by atoms with Crippen LogP contribution in [0.3, 0.4) is 0 Å². The average Bonchev–Trinajstić information content (AvgIpc) is 2.67. The number of para-hydroxylation sites is 1. The van der Waals surface area contributed by atoms with Crippen LogP contribution in [0.5, 0.6) is 0 Å². The number of rotatable bonds is 2. The maximum absolute atomic E-state index is 13.2. The second-order valence-corrected chi connectivity index (χ2v) is 7.79. The molecule has 3 rings (SSSR count). The largest absolute Gasteiger partial charge is 0.432 e. The third kappa shape index (κ3) is 2.41. The molecule has 24 heavy (non-hydrogen) atoms. The van der Waals surface area contributed by atoms with E-state index in [1.54, 1.807) is 31.4 Å². The molecule has 0 atom stereocenters. The Bertz CT molecular complexity index is 651. The predicted molar refractivity (Wildman–Crippen MR) is 89.4 cm³/mol. The van der Waals surface area contributed by atoms with E-state index in [1.165, 1.54) is 0 Å². The highest BCUT2D eigenvalue weighted by molar-refractivity contribution is 6.20. The molecule has 6 nitrogen and oxygen atoms in total. The van der Waals surface area contributed by atoms with Crippen molar-refractivity contribution >= 4 is 17.7 Å². The van der Waals surface area contributed by atoms with Gasteiger partial charge >= 0.3 is 6.09 Å². The molecule has 6 heteroatoms. The average molecular weight is 332 g/mol. The van der Waals surface area contributed by atoms with Gasteiger partial charge in [-0.3, -0.25) is 4.79 Å². The number of imide groups is 1. The van der Waals surface area contributed by atoms with Crippen LogP contribution in [-0.2, 0) is 14.4 Å². The van der Waals surface area contributed by atoms with Gasteiger partial charge in [-0.2, -0.15) is 5.06 Å². The quantitative estimate of drug-likeness (QED) is 0.833. The van der Waals surface area contributed by atoms with Crippen molar-refractivity contribution in [2.45, 2.75) is 57.2 Å². The van der Waals surface area contributed by atoms with Crippen LogP contribution in [-0.4, -0.2) is 40.9 Å². The van der Waals surface area contributed by atoms with E-state index < -0.39 is 22.8 Å². The van der Waals surface area contributed by atoms with E-state index in [1.807, 2.05) is 38.8 Å². The zero-order valence-electron chi connectivity index (χ0n) is 14.8. The van der Waals surface area contributed by atoms with E-state index in [0.717, 1.165) is 4.90 Å². The topological polar surface area (TPSA) is 59.1 Å². The van der Waals surface area contributed by atoms with Gasteiger partial charge in [0.05, 0.1) is 12.8 Å². The highest BCUT2D eigenvalue weighted by Gasteiger charge is 2.64. The van der Waals surface area contributed by atoms with Gasteiger partial charge in [0.1, 0.15) is 0 Å². The van der Waals surface area contributed by atoms with E-state index in [4.69, 9.17) is 9.57 Å². The lowest BCUT2D eigenvalue weighted by atomic mass is 9.72. The Morgan fingerprint density at radius 1 is 1.00 bits per heavy atom. The smallest absolute Gasteiger partial charge is 0.422 e. The number of amides is 2. The van der Waals surface area contributed by atoms with Gasteiger partial charge in [0.25, 0.3) is 5.91 Å². The minimum Gasteiger partial charge on any atom is -0.432 e. The summed E-state index contributed by atoms with van der Waals surface area (Å²) in [5, 5.41) is 1.89. The van der Waals surface area contributed by atoms with Crippen molar-refractivity contribution in [1.82, 2.24) is 5.06 Å². The lowest BCUT2D eigenvalue weighted by molar-refractivity contribution is -0.285. The van der Waals surface area contributed by atoms with Crippen LogP contribution in [0.15, 0.2) is 30.3 Å². The monoisotopic (exact) mass is 332 g/mol. The molecule has 0 saturated carbocycles. The summed E-state index contributed by atoms with van der Waals surface area (Å²) in [6.45, 7) is 7.97. The Balaban J connectivity index is 2.00. The van der Waals surface area contributed by atoms with Crippen molar-refractivity contribution in [1.29, 1.82) is 0 Å². The zero-order valence-corrected chi connectivity index (χ0v) is 14.8. The predicted octanol–water partition coefficient (Wildman–Crippen LogP) is 3.12. The molecular formula is C18H24N2O4. The van der Waals surface area contributed by atoms with Crippen LogP contribution in [0.2, 0.25) is 0 Å². The Morgan fingerprint density at radius 2 is 1.54 bits per heavy atom. The molecule has 2 aliphatic heterocycles. The van der Waals surface area contributed by atoms with Crippen LogP contribution in [0, 0.1) is 0 Å². The van der Waals surface area contributed by atoms with Crippen molar-refractivity contribution in [2.24, 2.45) is 0 Å². The van der Waals surface area contributed by atoms with E-state index in [-0.39, 0.29) is 5.91 Å². The Kier molecular flexibility index (Phi) is 3.73. The molecule has 2 aliphatic rings. The molecule has 1 aromatic carbocycles. The lowest BCUT2D eigenvalue weighted by Crippen LogP contribution is -2.66. The Labute approximate surface area is 142 Å². The first-order chi connectivity index (χ1) is 11.1. The summed E-state index contributed by atoms with van der Waals surface area (Å²) >= 11 is 0. The summed E-state index contributed by atoms with van der Waals surface area (Å²) in [5.74, 6) is -0.296. The number of piperidine rings is 1. The maximum Gasteiger partial charge on any atom is 0.422 e. The van der Waals surface area contributed by atoms with Gasteiger partial charge in [-0.15, -0.1) is 0 Å². The molecule has 0 N–H and O–H groups in total. The van der Waals surface area contributed by atoms with Gasteiger partial charge in [0.15, 0.2) is 5.60 Å². The standard InChI is InChI=1S/C18H24N2O4/c1-16(2)11-18(12-17(3,4)20(16)23-5)14(21)19(15(22)24-18)13-9-7-6-8-10-13/h6-10H,11-12H2,1-5H3. The summed E-state index contributed by atoms with van der Waals surface area (Å²) in [7, 11) is 1.63. The number of ether oxygens (including phenoxy) is 1. The first kappa shape index (κ1) is 16.9. The molecule has 0 radical (unpaired) electrons. The SMILES string of the molecule is CON1C(C)(C)CC2(CC1(C)C)OC(=O)N(c1ccccc1)C2=O. The van der Waals surface area contributed by atoms with Gasteiger partial charge in [-0.1, -0.05) is 18.2 Å². The minimum atomic E-state index is -1.16. The van der Waals surface area contributed by atoms with E-state index in [2.05, 4.69) is 0 Å². The van der Waals surface area contributed by atoms with Gasteiger partial charge in [0.2, 0.25) is 0 Å². The molecule has 2 heterocycles. The number of hydroxylamine groups is 2. The summed E-state index contributed by atoms with van der Waals surface area (Å²) in [6, 6.07) is 8.90. The highest BCUT2D eigenvalue weighted by atomic mass is 16.7. The van der Waals surface area contributed by atoms with Crippen LogP contribution in [0.4, 0.5) is 10.5 Å². The van der Waals surface area contributed by atoms with Crippen molar-refractivity contribution in [3.05, 3.63) is 30.3 Å². The molecule has 0 aliphatic carbocycles. The molecule has 130 valence electrons. The normalized spacial score (nSPS) is 25.1. The molecule has 0 unspecified atom stereocenters. The van der Waals surface area contributed by atoms with Crippen LogP contribution >= 0.6 is 0 Å². The molecule has 1 aromatic rings. The number of carbonyl (C=O) groups is 2. The number of anilines is 1. The Hall–Kier alpha value is -1.92. The highest BCUT2D eigenvalue weighted by Crippen LogP contribution is 2.48. The van der Waals surface area contributed by atoms with Crippen LogP contribution in [0.1, 0.15) is 40.5 Å². The maximum atomic E-state index is 13.2. The van der Waals surface area contributed by atoms with Crippen LogP contribution < -0.4 is 4.90 Å². The lowest BCUT2D eigenvalue weighted by Gasteiger charge is -2.55. The zero-order chi connectivity index (χ0) is 17.8. The summed E-state index contributed by atoms with van der Waals surface area (Å²) in [5.41, 5.74) is -1.54. The molecule has 0 bridgehead atoms. The summed E-state index contributed by atoms with van der Waals surface area (Å²) in [6.07, 6.45) is 0.153. The fourth-order valence-corrected chi connectivity index (χ4v) is 4.48. The van der Waals surface area contributed by atoms with Crippen molar-refractivity contribution in [3.8, 4) is 0 Å². The van der Waals surface area contributed by atoms with E-state index in [0.29, 0.717) is 18.5 Å². The van der Waals surface area contributed by atoms with E-state index >= 15 is 0 Å².